The van der Waals surface area contributed by atoms with E-state index in [2.05, 4.69) is 15.6 Å². The van der Waals surface area contributed by atoms with Crippen LogP contribution in [0.25, 0.3) is 0 Å². The molecule has 28 heavy (non-hydrogen) atoms. The van der Waals surface area contributed by atoms with Crippen molar-refractivity contribution in [2.24, 2.45) is 0 Å². The molecule has 1 amide bonds. The van der Waals surface area contributed by atoms with Crippen molar-refractivity contribution in [2.75, 3.05) is 24.9 Å². The number of hydrogen-bond acceptors (Lipinski definition) is 6. The molecule has 2 N–H and O–H groups in total. The SMILES string of the molecule is COc1ccc(C(=O)Nc2cccc(C3Nc4cccnc4O3)c2)cc1OC. The van der Waals surface area contributed by atoms with Crippen LogP contribution < -0.4 is 24.8 Å². The van der Waals surface area contributed by atoms with Gasteiger partial charge in [0.1, 0.15) is 5.69 Å². The number of carbonyl (C=O) groups excluding carboxylic acids is 1. The van der Waals surface area contributed by atoms with Gasteiger partial charge in [0.05, 0.1) is 14.2 Å². The quantitative estimate of drug-likeness (QED) is 0.703. The highest BCUT2D eigenvalue weighted by Gasteiger charge is 2.24. The zero-order valence-electron chi connectivity index (χ0n) is 15.4. The predicted molar refractivity (Wildman–Crippen MR) is 105 cm³/mol. The molecule has 142 valence electrons. The number of anilines is 2. The normalized spacial score (nSPS) is 14.4. The van der Waals surface area contributed by atoms with Crippen LogP contribution in [0, 0.1) is 0 Å². The van der Waals surface area contributed by atoms with E-state index in [1.165, 1.54) is 7.11 Å². The van der Waals surface area contributed by atoms with Crippen LogP contribution in [-0.4, -0.2) is 25.1 Å². The number of nitrogens with zero attached hydrogens (tertiary/aromatic N) is 1. The van der Waals surface area contributed by atoms with E-state index in [-0.39, 0.29) is 12.1 Å². The second-order valence-corrected chi connectivity index (χ2v) is 6.15. The summed E-state index contributed by atoms with van der Waals surface area (Å²) in [5.74, 6) is 1.38. The third-order valence-electron chi connectivity index (χ3n) is 4.38. The first-order chi connectivity index (χ1) is 13.7. The Morgan fingerprint density at radius 3 is 2.71 bits per heavy atom. The second kappa shape index (κ2) is 7.48. The maximum atomic E-state index is 12.6. The Balaban J connectivity index is 1.50. The molecule has 1 aliphatic rings. The minimum Gasteiger partial charge on any atom is -0.493 e. The van der Waals surface area contributed by atoms with Gasteiger partial charge in [-0.15, -0.1) is 0 Å². The fourth-order valence-electron chi connectivity index (χ4n) is 2.99. The van der Waals surface area contributed by atoms with Crippen molar-refractivity contribution in [2.45, 2.75) is 6.23 Å². The number of nitrogens with one attached hydrogen (secondary N) is 2. The number of hydrogen-bond donors (Lipinski definition) is 2. The minimum atomic E-state index is -0.358. The monoisotopic (exact) mass is 377 g/mol. The number of methoxy groups -OCH3 is 2. The molecule has 4 rings (SSSR count). The Kier molecular flexibility index (Phi) is 4.72. The molecule has 1 aliphatic heterocycles. The molecule has 7 heteroatoms. The summed E-state index contributed by atoms with van der Waals surface area (Å²) in [4.78, 5) is 16.8. The van der Waals surface area contributed by atoms with Gasteiger partial charge in [0, 0.05) is 23.0 Å². The first kappa shape index (κ1) is 17.7. The Labute approximate surface area is 162 Å². The van der Waals surface area contributed by atoms with Crippen molar-refractivity contribution in [1.82, 2.24) is 4.98 Å². The molecule has 0 aliphatic carbocycles. The van der Waals surface area contributed by atoms with Crippen molar-refractivity contribution < 1.29 is 19.0 Å². The Morgan fingerprint density at radius 2 is 1.93 bits per heavy atom. The van der Waals surface area contributed by atoms with E-state index in [1.54, 1.807) is 31.5 Å². The van der Waals surface area contributed by atoms with Gasteiger partial charge in [-0.3, -0.25) is 4.79 Å². The molecule has 0 saturated carbocycles. The molecule has 7 nitrogen and oxygen atoms in total. The van der Waals surface area contributed by atoms with Crippen LogP contribution in [0.2, 0.25) is 0 Å². The maximum absolute atomic E-state index is 12.6. The number of carbonyl (C=O) groups is 1. The molecular weight excluding hydrogens is 358 g/mol. The first-order valence-electron chi connectivity index (χ1n) is 8.69. The average molecular weight is 377 g/mol. The van der Waals surface area contributed by atoms with Crippen LogP contribution in [0.5, 0.6) is 17.4 Å². The molecule has 1 unspecified atom stereocenters. The number of fused-ring (bicyclic) bond motifs is 1. The van der Waals surface area contributed by atoms with Gasteiger partial charge >= 0.3 is 0 Å². The summed E-state index contributed by atoms with van der Waals surface area (Å²) in [6.45, 7) is 0. The van der Waals surface area contributed by atoms with Crippen LogP contribution in [0.4, 0.5) is 11.4 Å². The molecule has 0 saturated heterocycles. The van der Waals surface area contributed by atoms with E-state index >= 15 is 0 Å². The van der Waals surface area contributed by atoms with Gasteiger partial charge in [-0.05, 0) is 42.5 Å². The van der Waals surface area contributed by atoms with Crippen LogP contribution in [-0.2, 0) is 0 Å². The van der Waals surface area contributed by atoms with E-state index in [1.807, 2.05) is 36.4 Å². The van der Waals surface area contributed by atoms with Gasteiger partial charge < -0.3 is 24.8 Å². The van der Waals surface area contributed by atoms with Gasteiger partial charge in [0.2, 0.25) is 5.88 Å². The molecule has 3 aromatic rings. The molecule has 2 aromatic carbocycles. The van der Waals surface area contributed by atoms with Crippen molar-refractivity contribution >= 4 is 17.3 Å². The van der Waals surface area contributed by atoms with Crippen LogP contribution in [0.15, 0.2) is 60.8 Å². The lowest BCUT2D eigenvalue weighted by molar-refractivity contribution is 0.102. The summed E-state index contributed by atoms with van der Waals surface area (Å²) < 4.78 is 16.3. The molecule has 0 fully saturated rings. The van der Waals surface area contributed by atoms with E-state index in [9.17, 15) is 4.79 Å². The summed E-state index contributed by atoms with van der Waals surface area (Å²) in [6, 6.07) is 16.3. The Morgan fingerprint density at radius 1 is 1.07 bits per heavy atom. The van der Waals surface area contributed by atoms with Gasteiger partial charge in [-0.2, -0.15) is 0 Å². The smallest absolute Gasteiger partial charge is 0.255 e. The molecular formula is C21H19N3O4. The molecule has 2 heterocycles. The van der Waals surface area contributed by atoms with Crippen molar-refractivity contribution in [3.63, 3.8) is 0 Å². The van der Waals surface area contributed by atoms with Crippen LogP contribution in [0.3, 0.4) is 0 Å². The zero-order chi connectivity index (χ0) is 19.5. The highest BCUT2D eigenvalue weighted by Crippen LogP contribution is 2.36. The lowest BCUT2D eigenvalue weighted by Gasteiger charge is -2.14. The Hall–Kier alpha value is -3.74. The van der Waals surface area contributed by atoms with E-state index in [0.29, 0.717) is 28.6 Å². The topological polar surface area (TPSA) is 81.7 Å². The molecule has 1 aromatic heterocycles. The number of benzene rings is 2. The third kappa shape index (κ3) is 3.42. The second-order valence-electron chi connectivity index (χ2n) is 6.15. The van der Waals surface area contributed by atoms with Crippen molar-refractivity contribution in [1.29, 1.82) is 0 Å². The summed E-state index contributed by atoms with van der Waals surface area (Å²) in [7, 11) is 3.08. The zero-order valence-corrected chi connectivity index (χ0v) is 15.4. The number of rotatable bonds is 5. The number of ether oxygens (including phenoxy) is 3. The Bertz CT molecular complexity index is 997. The first-order valence-corrected chi connectivity index (χ1v) is 8.69. The molecule has 0 radical (unpaired) electrons. The lowest BCUT2D eigenvalue weighted by Crippen LogP contribution is -2.14. The highest BCUT2D eigenvalue weighted by molar-refractivity contribution is 6.04. The van der Waals surface area contributed by atoms with Crippen molar-refractivity contribution in [3.05, 3.63) is 71.9 Å². The number of aromatic nitrogens is 1. The minimum absolute atomic E-state index is 0.247. The largest absolute Gasteiger partial charge is 0.493 e. The van der Waals surface area contributed by atoms with E-state index in [0.717, 1.165) is 11.3 Å². The highest BCUT2D eigenvalue weighted by atomic mass is 16.5. The summed E-state index contributed by atoms with van der Waals surface area (Å²) in [5, 5.41) is 6.16. The molecule has 1 atom stereocenters. The number of amides is 1. The van der Waals surface area contributed by atoms with E-state index < -0.39 is 0 Å². The van der Waals surface area contributed by atoms with Crippen LogP contribution in [0.1, 0.15) is 22.1 Å². The summed E-state index contributed by atoms with van der Waals surface area (Å²) >= 11 is 0. The van der Waals surface area contributed by atoms with Gasteiger partial charge in [0.15, 0.2) is 17.7 Å². The molecule has 0 bridgehead atoms. The van der Waals surface area contributed by atoms with E-state index in [4.69, 9.17) is 14.2 Å². The fraction of sp³-hybridized carbons (Fsp3) is 0.143. The fourth-order valence-corrected chi connectivity index (χ4v) is 2.99. The maximum Gasteiger partial charge on any atom is 0.255 e. The summed E-state index contributed by atoms with van der Waals surface area (Å²) in [6.07, 6.45) is 1.32. The van der Waals surface area contributed by atoms with Gasteiger partial charge in [0.25, 0.3) is 5.91 Å². The lowest BCUT2D eigenvalue weighted by atomic mass is 10.1. The van der Waals surface area contributed by atoms with Crippen molar-refractivity contribution in [3.8, 4) is 17.4 Å². The molecule has 0 spiro atoms. The van der Waals surface area contributed by atoms with Gasteiger partial charge in [-0.1, -0.05) is 12.1 Å². The average Bonchev–Trinajstić information content (AvgIpc) is 3.17. The summed E-state index contributed by atoms with van der Waals surface area (Å²) in [5.41, 5.74) is 2.84. The number of pyridine rings is 1. The predicted octanol–water partition coefficient (Wildman–Crippen LogP) is 3.85. The standard InChI is InChI=1S/C21H19N3O4/c1-26-17-9-8-13(12-18(17)27-2)19(25)23-15-6-3-5-14(11-15)20-24-16-7-4-10-22-21(16)28-20/h3-12,20,24H,1-2H3,(H,23,25). The van der Waals surface area contributed by atoms with Gasteiger partial charge in [-0.25, -0.2) is 4.98 Å². The van der Waals surface area contributed by atoms with Crippen LogP contribution >= 0.6 is 0 Å². The third-order valence-corrected chi connectivity index (χ3v) is 4.38.